The average molecular weight is 280 g/mol. The predicted molar refractivity (Wildman–Crippen MR) is 79.2 cm³/mol. The number of nitrogens with one attached hydrogen (secondary N) is 1. The van der Waals surface area contributed by atoms with Crippen molar-refractivity contribution in [1.29, 1.82) is 0 Å². The van der Waals surface area contributed by atoms with Crippen molar-refractivity contribution < 1.29 is 4.74 Å². The highest BCUT2D eigenvalue weighted by Crippen LogP contribution is 2.41. The molecule has 1 N–H and O–H groups in total. The third-order valence-electron chi connectivity index (χ3n) is 4.10. The summed E-state index contributed by atoms with van der Waals surface area (Å²) >= 11 is 6.38. The smallest absolute Gasteiger partial charge is 0.142 e. The van der Waals surface area contributed by atoms with E-state index in [1.807, 2.05) is 0 Å². The van der Waals surface area contributed by atoms with Gasteiger partial charge in [0.2, 0.25) is 0 Å². The second-order valence-electron chi connectivity index (χ2n) is 6.52. The van der Waals surface area contributed by atoms with Gasteiger partial charge in [-0.15, -0.1) is 0 Å². The molecule has 1 aromatic carbocycles. The fourth-order valence-electron chi connectivity index (χ4n) is 3.28. The average Bonchev–Trinajstić information content (AvgIpc) is 2.65. The van der Waals surface area contributed by atoms with Crippen LogP contribution in [0.3, 0.4) is 0 Å². The minimum atomic E-state index is -0.114. The number of rotatable bonds is 2. The predicted octanol–water partition coefficient (Wildman–Crippen LogP) is 3.60. The normalized spacial score (nSPS) is 24.9. The zero-order chi connectivity index (χ0) is 13.5. The molecule has 104 valence electrons. The SMILES string of the molecule is CC1(C)Cc2cc(CC3CCCNC3)cc(Cl)c2O1. The highest BCUT2D eigenvalue weighted by atomic mass is 35.5. The molecule has 3 heteroatoms. The van der Waals surface area contributed by atoms with Crippen LogP contribution < -0.4 is 10.1 Å². The van der Waals surface area contributed by atoms with E-state index in [0.29, 0.717) is 0 Å². The first-order valence-electron chi connectivity index (χ1n) is 7.24. The van der Waals surface area contributed by atoms with Crippen LogP contribution in [0, 0.1) is 5.92 Å². The largest absolute Gasteiger partial charge is 0.486 e. The number of ether oxygens (including phenoxy) is 1. The van der Waals surface area contributed by atoms with Gasteiger partial charge in [-0.05, 0) is 69.3 Å². The summed E-state index contributed by atoms with van der Waals surface area (Å²) in [6.45, 7) is 6.54. The summed E-state index contributed by atoms with van der Waals surface area (Å²) in [5.74, 6) is 1.65. The molecule has 0 aliphatic carbocycles. The molecule has 2 aliphatic heterocycles. The van der Waals surface area contributed by atoms with Crippen molar-refractivity contribution in [3.8, 4) is 5.75 Å². The number of benzene rings is 1. The summed E-state index contributed by atoms with van der Waals surface area (Å²) in [5.41, 5.74) is 2.52. The van der Waals surface area contributed by atoms with E-state index < -0.39 is 0 Å². The topological polar surface area (TPSA) is 21.3 Å². The minimum Gasteiger partial charge on any atom is -0.486 e. The lowest BCUT2D eigenvalue weighted by Crippen LogP contribution is -2.30. The molecule has 0 aromatic heterocycles. The Kier molecular flexibility index (Phi) is 3.48. The van der Waals surface area contributed by atoms with Crippen LogP contribution in [-0.4, -0.2) is 18.7 Å². The van der Waals surface area contributed by atoms with Gasteiger partial charge in [-0.25, -0.2) is 0 Å². The van der Waals surface area contributed by atoms with Crippen LogP contribution in [0.15, 0.2) is 12.1 Å². The van der Waals surface area contributed by atoms with Gasteiger partial charge in [0, 0.05) is 6.42 Å². The summed E-state index contributed by atoms with van der Waals surface area (Å²) < 4.78 is 5.93. The van der Waals surface area contributed by atoms with Crippen LogP contribution >= 0.6 is 11.6 Å². The van der Waals surface area contributed by atoms with Gasteiger partial charge in [-0.1, -0.05) is 17.7 Å². The van der Waals surface area contributed by atoms with Crippen molar-refractivity contribution >= 4 is 11.6 Å². The molecule has 1 aromatic rings. The van der Waals surface area contributed by atoms with Gasteiger partial charge in [0.05, 0.1) is 5.02 Å². The molecule has 0 saturated carbocycles. The molecule has 2 aliphatic rings. The van der Waals surface area contributed by atoms with Crippen LogP contribution in [0.4, 0.5) is 0 Å². The van der Waals surface area contributed by atoms with Gasteiger partial charge in [0.1, 0.15) is 11.4 Å². The summed E-state index contributed by atoms with van der Waals surface area (Å²) in [4.78, 5) is 0. The van der Waals surface area contributed by atoms with Crippen LogP contribution in [0.5, 0.6) is 5.75 Å². The lowest BCUT2D eigenvalue weighted by Gasteiger charge is -2.23. The molecule has 0 spiro atoms. The number of hydrogen-bond acceptors (Lipinski definition) is 2. The Morgan fingerprint density at radius 3 is 3.00 bits per heavy atom. The molecule has 1 unspecified atom stereocenters. The lowest BCUT2D eigenvalue weighted by molar-refractivity contribution is 0.138. The molecule has 2 heterocycles. The Morgan fingerprint density at radius 2 is 2.26 bits per heavy atom. The van der Waals surface area contributed by atoms with Gasteiger partial charge in [0.25, 0.3) is 0 Å². The highest BCUT2D eigenvalue weighted by Gasteiger charge is 2.32. The monoisotopic (exact) mass is 279 g/mol. The Morgan fingerprint density at radius 1 is 1.42 bits per heavy atom. The zero-order valence-electron chi connectivity index (χ0n) is 11.8. The maximum Gasteiger partial charge on any atom is 0.142 e. The van der Waals surface area contributed by atoms with Gasteiger partial charge in [-0.2, -0.15) is 0 Å². The molecule has 2 nitrogen and oxygen atoms in total. The van der Waals surface area contributed by atoms with E-state index in [2.05, 4.69) is 31.3 Å². The van der Waals surface area contributed by atoms with E-state index in [1.54, 1.807) is 0 Å². The second kappa shape index (κ2) is 4.99. The molecule has 19 heavy (non-hydrogen) atoms. The third-order valence-corrected chi connectivity index (χ3v) is 4.38. The first-order chi connectivity index (χ1) is 9.03. The van der Waals surface area contributed by atoms with Crippen LogP contribution in [0.2, 0.25) is 5.02 Å². The summed E-state index contributed by atoms with van der Waals surface area (Å²) in [6.07, 6.45) is 4.70. The highest BCUT2D eigenvalue weighted by molar-refractivity contribution is 6.32. The molecule has 0 amide bonds. The second-order valence-corrected chi connectivity index (χ2v) is 6.93. The molecule has 1 atom stereocenters. The molecule has 1 saturated heterocycles. The summed E-state index contributed by atoms with van der Waals surface area (Å²) in [5, 5.41) is 4.26. The standard InChI is InChI=1S/C16H22ClNO/c1-16(2)9-13-7-12(8-14(17)15(13)19-16)6-11-4-3-5-18-10-11/h7-8,11,18H,3-6,9-10H2,1-2H3. The van der Waals surface area contributed by atoms with Gasteiger partial charge in [-0.3, -0.25) is 0 Å². The quantitative estimate of drug-likeness (QED) is 0.893. The van der Waals surface area contributed by atoms with Crippen molar-refractivity contribution in [2.75, 3.05) is 13.1 Å². The van der Waals surface area contributed by atoms with Crippen molar-refractivity contribution in [2.45, 2.75) is 45.1 Å². The van der Waals surface area contributed by atoms with Crippen molar-refractivity contribution in [1.82, 2.24) is 5.32 Å². The van der Waals surface area contributed by atoms with Gasteiger partial charge >= 0.3 is 0 Å². The maximum atomic E-state index is 6.38. The molecule has 1 fully saturated rings. The molecule has 0 bridgehead atoms. The van der Waals surface area contributed by atoms with E-state index in [9.17, 15) is 0 Å². The van der Waals surface area contributed by atoms with Crippen LogP contribution in [-0.2, 0) is 12.8 Å². The van der Waals surface area contributed by atoms with Crippen molar-refractivity contribution in [2.24, 2.45) is 5.92 Å². The molecular formula is C16H22ClNO. The Labute approximate surface area is 120 Å². The number of piperidine rings is 1. The van der Waals surface area contributed by atoms with Crippen LogP contribution in [0.1, 0.15) is 37.8 Å². The van der Waals surface area contributed by atoms with E-state index in [0.717, 1.165) is 36.1 Å². The van der Waals surface area contributed by atoms with Crippen molar-refractivity contribution in [3.63, 3.8) is 0 Å². The fraction of sp³-hybridized carbons (Fsp3) is 0.625. The molecule has 0 radical (unpaired) electrons. The van der Waals surface area contributed by atoms with Crippen molar-refractivity contribution in [3.05, 3.63) is 28.3 Å². The minimum absolute atomic E-state index is 0.114. The fourth-order valence-corrected chi connectivity index (χ4v) is 3.58. The third kappa shape index (κ3) is 2.90. The number of halogens is 1. The zero-order valence-corrected chi connectivity index (χ0v) is 12.5. The van der Waals surface area contributed by atoms with E-state index >= 15 is 0 Å². The number of fused-ring (bicyclic) bond motifs is 1. The summed E-state index contributed by atoms with van der Waals surface area (Å²) in [7, 11) is 0. The van der Waals surface area contributed by atoms with E-state index in [1.165, 1.54) is 30.5 Å². The van der Waals surface area contributed by atoms with E-state index in [-0.39, 0.29) is 5.60 Å². The Bertz CT molecular complexity index is 478. The Balaban J connectivity index is 1.79. The lowest BCUT2D eigenvalue weighted by atomic mass is 9.91. The maximum absolute atomic E-state index is 6.38. The first kappa shape index (κ1) is 13.3. The molecule has 3 rings (SSSR count). The first-order valence-corrected chi connectivity index (χ1v) is 7.62. The Hall–Kier alpha value is -0.730. The number of hydrogen-bond donors (Lipinski definition) is 1. The van der Waals surface area contributed by atoms with E-state index in [4.69, 9.17) is 16.3 Å². The van der Waals surface area contributed by atoms with Crippen LogP contribution in [0.25, 0.3) is 0 Å². The summed E-state index contributed by atoms with van der Waals surface area (Å²) in [6, 6.07) is 4.39. The molecular weight excluding hydrogens is 258 g/mol. The van der Waals surface area contributed by atoms with Gasteiger partial charge in [0.15, 0.2) is 0 Å². The van der Waals surface area contributed by atoms with Gasteiger partial charge < -0.3 is 10.1 Å².